The van der Waals surface area contributed by atoms with E-state index in [0.29, 0.717) is 36.7 Å². The average molecular weight is 404 g/mol. The Balaban J connectivity index is 1.58. The summed E-state index contributed by atoms with van der Waals surface area (Å²) in [5, 5.41) is 1.18. The molecular formula is C18H23F3N2O5. The van der Waals surface area contributed by atoms with Gasteiger partial charge in [0.05, 0.1) is 20.8 Å². The summed E-state index contributed by atoms with van der Waals surface area (Å²) in [5.74, 6) is 0.852. The zero-order valence-corrected chi connectivity index (χ0v) is 15.7. The van der Waals surface area contributed by atoms with Crippen molar-refractivity contribution in [2.45, 2.75) is 25.5 Å². The summed E-state index contributed by atoms with van der Waals surface area (Å²) < 4.78 is 53.7. The molecule has 2 aliphatic rings. The fraction of sp³-hybridized carbons (Fsp3) is 0.611. The molecule has 2 atom stereocenters. The smallest absolute Gasteiger partial charge is 0.295 e. The number of hydrogen-bond acceptors (Lipinski definition) is 7. The third-order valence-corrected chi connectivity index (χ3v) is 4.81. The highest BCUT2D eigenvalue weighted by Crippen LogP contribution is 2.34. The monoisotopic (exact) mass is 404 g/mol. The molecular weight excluding hydrogens is 381 g/mol. The first-order valence-corrected chi connectivity index (χ1v) is 8.90. The number of benzene rings is 1. The van der Waals surface area contributed by atoms with Gasteiger partial charge >= 0.3 is 0 Å². The number of hydroxylamine groups is 2. The first kappa shape index (κ1) is 20.8. The number of alkyl halides is 3. The second-order valence-electron chi connectivity index (χ2n) is 6.55. The molecule has 0 N–H and O–H groups in total. The molecule has 0 bridgehead atoms. The molecule has 1 aromatic rings. The lowest BCUT2D eigenvalue weighted by molar-refractivity contribution is -0.278. The molecule has 156 valence electrons. The maximum atomic E-state index is 13.0. The van der Waals surface area contributed by atoms with E-state index >= 15 is 0 Å². The van der Waals surface area contributed by atoms with Gasteiger partial charge in [-0.25, -0.2) is 13.2 Å². The van der Waals surface area contributed by atoms with Gasteiger partial charge in [-0.2, -0.15) is 5.06 Å². The largest absolute Gasteiger partial charge is 0.493 e. The Morgan fingerprint density at radius 1 is 1.11 bits per heavy atom. The topological polar surface area (TPSA) is 60.5 Å². The van der Waals surface area contributed by atoms with Gasteiger partial charge in [0.15, 0.2) is 17.3 Å². The van der Waals surface area contributed by atoms with Gasteiger partial charge in [-0.3, -0.25) is 14.5 Å². The molecule has 1 saturated heterocycles. The van der Waals surface area contributed by atoms with Crippen molar-refractivity contribution < 1.29 is 37.0 Å². The standard InChI is InChI=1S/C18H23F3N2O5/c1-25-13-7-11-10-27-15(16(24)12(11)8-14(13)26-2)9-22-3-5-23(6-4-22)28-18(21)17(19)20/h7-8,15,17-18H,3-6,9-10H2,1-2H3. The number of fused-ring (bicyclic) bond motifs is 1. The highest BCUT2D eigenvalue weighted by atomic mass is 19.3. The third-order valence-electron chi connectivity index (χ3n) is 4.81. The number of ether oxygens (including phenoxy) is 3. The number of carbonyl (C=O) groups is 1. The summed E-state index contributed by atoms with van der Waals surface area (Å²) >= 11 is 0. The molecule has 0 aromatic heterocycles. The fourth-order valence-electron chi connectivity index (χ4n) is 3.29. The minimum absolute atomic E-state index is 0.151. The molecule has 7 nitrogen and oxygen atoms in total. The van der Waals surface area contributed by atoms with Crippen LogP contribution in [0, 0.1) is 0 Å². The first-order valence-electron chi connectivity index (χ1n) is 8.90. The van der Waals surface area contributed by atoms with E-state index in [1.807, 2.05) is 4.90 Å². The van der Waals surface area contributed by atoms with Crippen LogP contribution in [-0.4, -0.2) is 81.6 Å². The highest BCUT2D eigenvalue weighted by Gasteiger charge is 2.33. The molecule has 3 rings (SSSR count). The summed E-state index contributed by atoms with van der Waals surface area (Å²) in [4.78, 5) is 19.4. The van der Waals surface area contributed by atoms with Crippen molar-refractivity contribution in [2.24, 2.45) is 0 Å². The van der Waals surface area contributed by atoms with Crippen LogP contribution in [0.3, 0.4) is 0 Å². The quantitative estimate of drug-likeness (QED) is 0.688. The fourth-order valence-corrected chi connectivity index (χ4v) is 3.29. The zero-order valence-electron chi connectivity index (χ0n) is 15.7. The van der Waals surface area contributed by atoms with Crippen molar-refractivity contribution in [1.29, 1.82) is 0 Å². The van der Waals surface area contributed by atoms with E-state index in [0.717, 1.165) is 5.56 Å². The van der Waals surface area contributed by atoms with Gasteiger partial charge in [0.2, 0.25) is 0 Å². The lowest BCUT2D eigenvalue weighted by Gasteiger charge is -2.36. The van der Waals surface area contributed by atoms with Crippen LogP contribution < -0.4 is 9.47 Å². The Hall–Kier alpha value is -1.88. The van der Waals surface area contributed by atoms with Crippen molar-refractivity contribution in [3.63, 3.8) is 0 Å². The predicted octanol–water partition coefficient (Wildman–Crippen LogP) is 1.90. The van der Waals surface area contributed by atoms with Crippen LogP contribution in [-0.2, 0) is 16.2 Å². The lowest BCUT2D eigenvalue weighted by atomic mass is 9.96. The second-order valence-corrected chi connectivity index (χ2v) is 6.55. The molecule has 0 saturated carbocycles. The van der Waals surface area contributed by atoms with Crippen LogP contribution in [0.4, 0.5) is 13.2 Å². The number of Topliss-reactive ketones (excluding diaryl/α,β-unsaturated/α-hetero) is 1. The van der Waals surface area contributed by atoms with E-state index in [1.165, 1.54) is 19.3 Å². The molecule has 28 heavy (non-hydrogen) atoms. The van der Waals surface area contributed by atoms with Crippen molar-refractivity contribution in [2.75, 3.05) is 46.9 Å². The number of carbonyl (C=O) groups excluding carboxylic acids is 1. The summed E-state index contributed by atoms with van der Waals surface area (Å²) in [5.41, 5.74) is 1.27. The Kier molecular flexibility index (Phi) is 6.76. The molecule has 0 aliphatic carbocycles. The highest BCUT2D eigenvalue weighted by molar-refractivity contribution is 6.02. The molecule has 2 aliphatic heterocycles. The van der Waals surface area contributed by atoms with Crippen LogP contribution in [0.15, 0.2) is 12.1 Å². The minimum Gasteiger partial charge on any atom is -0.493 e. The van der Waals surface area contributed by atoms with E-state index in [4.69, 9.17) is 14.2 Å². The van der Waals surface area contributed by atoms with Crippen LogP contribution in [0.2, 0.25) is 0 Å². The number of hydrogen-bond donors (Lipinski definition) is 0. The summed E-state index contributed by atoms with van der Waals surface area (Å²) in [7, 11) is 3.03. The maximum absolute atomic E-state index is 13.0. The van der Waals surface area contributed by atoms with Gasteiger partial charge in [-0.05, 0) is 17.7 Å². The van der Waals surface area contributed by atoms with Gasteiger partial charge in [0.1, 0.15) is 6.10 Å². The number of methoxy groups -OCH3 is 2. The van der Waals surface area contributed by atoms with Gasteiger partial charge in [-0.1, -0.05) is 0 Å². The lowest BCUT2D eigenvalue weighted by Crippen LogP contribution is -2.51. The number of piperazine rings is 1. The normalized spacial score (nSPS) is 22.2. The van der Waals surface area contributed by atoms with Crippen molar-refractivity contribution in [1.82, 2.24) is 9.96 Å². The Bertz CT molecular complexity index is 698. The van der Waals surface area contributed by atoms with Gasteiger partial charge in [0, 0.05) is 38.3 Å². The van der Waals surface area contributed by atoms with Crippen molar-refractivity contribution in [3.05, 3.63) is 23.3 Å². The van der Waals surface area contributed by atoms with E-state index in [2.05, 4.69) is 4.84 Å². The van der Waals surface area contributed by atoms with E-state index < -0.39 is 18.9 Å². The van der Waals surface area contributed by atoms with Gasteiger partial charge in [0.25, 0.3) is 12.8 Å². The molecule has 1 fully saturated rings. The van der Waals surface area contributed by atoms with E-state index in [-0.39, 0.29) is 25.5 Å². The number of ketones is 1. The van der Waals surface area contributed by atoms with Crippen molar-refractivity contribution in [3.8, 4) is 11.5 Å². The van der Waals surface area contributed by atoms with Crippen LogP contribution in [0.25, 0.3) is 0 Å². The SMILES string of the molecule is COc1cc2c(cc1OC)C(=O)C(CN1CCN(OC(F)C(F)F)CC1)OC2. The molecule has 2 heterocycles. The molecule has 0 spiro atoms. The van der Waals surface area contributed by atoms with E-state index in [1.54, 1.807) is 12.1 Å². The minimum atomic E-state index is -3.18. The second kappa shape index (κ2) is 9.08. The first-order chi connectivity index (χ1) is 13.4. The molecule has 0 radical (unpaired) electrons. The molecule has 2 unspecified atom stereocenters. The molecule has 1 aromatic carbocycles. The van der Waals surface area contributed by atoms with Crippen molar-refractivity contribution >= 4 is 5.78 Å². The number of nitrogens with zero attached hydrogens (tertiary/aromatic N) is 2. The summed E-state index contributed by atoms with van der Waals surface area (Å²) in [6.07, 6.45) is -6.45. The average Bonchev–Trinajstić information content (AvgIpc) is 2.70. The van der Waals surface area contributed by atoms with Crippen LogP contribution in [0.1, 0.15) is 15.9 Å². The van der Waals surface area contributed by atoms with Gasteiger partial charge < -0.3 is 14.2 Å². The molecule has 10 heteroatoms. The zero-order chi connectivity index (χ0) is 20.3. The summed E-state index contributed by atoms with van der Waals surface area (Å²) in [6.45, 7) is 2.04. The van der Waals surface area contributed by atoms with Gasteiger partial charge in [-0.15, -0.1) is 0 Å². The van der Waals surface area contributed by atoms with E-state index in [9.17, 15) is 18.0 Å². The molecule has 0 amide bonds. The van der Waals surface area contributed by atoms with Crippen LogP contribution in [0.5, 0.6) is 11.5 Å². The Labute approximate surface area is 160 Å². The summed E-state index contributed by atoms with van der Waals surface area (Å²) in [6, 6.07) is 3.39. The maximum Gasteiger partial charge on any atom is 0.295 e. The Morgan fingerprint density at radius 2 is 1.75 bits per heavy atom. The van der Waals surface area contributed by atoms with Crippen LogP contribution >= 0.6 is 0 Å². The third kappa shape index (κ3) is 4.57. The number of halogens is 3. The predicted molar refractivity (Wildman–Crippen MR) is 92.5 cm³/mol. The number of rotatable bonds is 7. The Morgan fingerprint density at radius 3 is 2.36 bits per heavy atom.